The molecular weight excluding hydrogens is 514 g/mol. The lowest BCUT2D eigenvalue weighted by Crippen LogP contribution is -2.42. The summed E-state index contributed by atoms with van der Waals surface area (Å²) in [5, 5.41) is 9.80. The molecular formula is C31H49NO8. The number of carboxylic acids is 1. The van der Waals surface area contributed by atoms with E-state index in [1.807, 2.05) is 27.7 Å². The molecule has 0 bridgehead atoms. The van der Waals surface area contributed by atoms with Crippen molar-refractivity contribution >= 4 is 23.9 Å². The Hall–Kier alpha value is -2.94. The molecule has 3 N–H and O–H groups in total. The van der Waals surface area contributed by atoms with Gasteiger partial charge < -0.3 is 25.1 Å². The van der Waals surface area contributed by atoms with Gasteiger partial charge in [-0.2, -0.15) is 0 Å². The van der Waals surface area contributed by atoms with Crippen LogP contribution in [-0.4, -0.2) is 41.1 Å². The number of hydrogen-bond donors (Lipinski definition) is 2. The van der Waals surface area contributed by atoms with Gasteiger partial charge in [0.15, 0.2) is 11.5 Å². The van der Waals surface area contributed by atoms with E-state index in [0.29, 0.717) is 30.7 Å². The summed E-state index contributed by atoms with van der Waals surface area (Å²) in [5.41, 5.74) is 6.61. The van der Waals surface area contributed by atoms with Crippen LogP contribution in [0.25, 0.3) is 0 Å². The minimum Gasteiger partial charge on any atom is -0.480 e. The maximum Gasteiger partial charge on any atom is 0.321 e. The van der Waals surface area contributed by atoms with Crippen molar-refractivity contribution in [3.8, 4) is 11.5 Å². The predicted octanol–water partition coefficient (Wildman–Crippen LogP) is 6.16. The maximum atomic E-state index is 12.6. The molecule has 0 amide bonds. The molecule has 0 aliphatic heterocycles. The number of benzene rings is 1. The van der Waals surface area contributed by atoms with Crippen molar-refractivity contribution < 1.29 is 38.5 Å². The maximum absolute atomic E-state index is 12.6. The van der Waals surface area contributed by atoms with Crippen molar-refractivity contribution in [2.24, 2.45) is 17.6 Å². The normalized spacial score (nSPS) is 14.2. The van der Waals surface area contributed by atoms with Crippen LogP contribution < -0.4 is 15.2 Å². The van der Waals surface area contributed by atoms with E-state index < -0.39 is 41.9 Å². The lowest BCUT2D eigenvalue weighted by Gasteiger charge is -2.32. The van der Waals surface area contributed by atoms with E-state index in [-0.39, 0.29) is 36.7 Å². The van der Waals surface area contributed by atoms with Crippen LogP contribution in [0.1, 0.15) is 117 Å². The monoisotopic (exact) mass is 563 g/mol. The van der Waals surface area contributed by atoms with Crippen LogP contribution in [0.3, 0.4) is 0 Å². The van der Waals surface area contributed by atoms with Crippen molar-refractivity contribution in [3.63, 3.8) is 0 Å². The van der Waals surface area contributed by atoms with Crippen molar-refractivity contribution in [1.82, 2.24) is 0 Å². The molecule has 226 valence electrons. The predicted molar refractivity (Wildman–Crippen MR) is 153 cm³/mol. The highest BCUT2D eigenvalue weighted by Gasteiger charge is 2.35. The summed E-state index contributed by atoms with van der Waals surface area (Å²) in [4.78, 5) is 49.4. The van der Waals surface area contributed by atoms with Crippen LogP contribution in [0.15, 0.2) is 18.2 Å². The molecule has 40 heavy (non-hydrogen) atoms. The fraction of sp³-hybridized carbons (Fsp3) is 0.677. The van der Waals surface area contributed by atoms with Crippen LogP contribution in [0.4, 0.5) is 0 Å². The van der Waals surface area contributed by atoms with E-state index in [9.17, 15) is 24.3 Å². The highest BCUT2D eigenvalue weighted by molar-refractivity contribution is 5.77. The molecule has 0 heterocycles. The van der Waals surface area contributed by atoms with Gasteiger partial charge in [0.2, 0.25) is 0 Å². The summed E-state index contributed by atoms with van der Waals surface area (Å²) in [7, 11) is 0. The third kappa shape index (κ3) is 12.5. The molecule has 0 saturated heterocycles. The van der Waals surface area contributed by atoms with Crippen LogP contribution >= 0.6 is 0 Å². The molecule has 1 aromatic carbocycles. The molecule has 0 aliphatic rings. The Morgan fingerprint density at radius 3 is 1.85 bits per heavy atom. The minimum absolute atomic E-state index is 0.0270. The van der Waals surface area contributed by atoms with Crippen molar-refractivity contribution in [3.05, 3.63) is 23.8 Å². The van der Waals surface area contributed by atoms with Gasteiger partial charge in [-0.3, -0.25) is 19.2 Å². The first-order chi connectivity index (χ1) is 18.9. The zero-order valence-electron chi connectivity index (χ0n) is 25.1. The average Bonchev–Trinajstić information content (AvgIpc) is 2.89. The number of carboxylic acid groups (broad SMARTS) is 1. The van der Waals surface area contributed by atoms with Crippen LogP contribution in [0.5, 0.6) is 11.5 Å². The van der Waals surface area contributed by atoms with Gasteiger partial charge in [-0.25, -0.2) is 0 Å². The van der Waals surface area contributed by atoms with Crippen molar-refractivity contribution in [2.45, 2.75) is 124 Å². The molecule has 0 aromatic heterocycles. The zero-order valence-corrected chi connectivity index (χ0v) is 25.1. The topological polar surface area (TPSA) is 142 Å². The third-order valence-electron chi connectivity index (χ3n) is 6.99. The third-order valence-corrected chi connectivity index (χ3v) is 6.99. The van der Waals surface area contributed by atoms with Gasteiger partial charge in [-0.1, -0.05) is 66.4 Å². The molecule has 0 radical (unpaired) electrons. The lowest BCUT2D eigenvalue weighted by atomic mass is 9.79. The standard InChI is InChI=1S/C31H49NO8/c1-7-9-11-13-26(33)39-24-17-16-23(19-25(24)40-27(34)14-12-10-8-2)29(30(32)31(36)37)21(5)22(6)38-28(35)18-15-20(3)4/h16-17,19-22,29-30H,7-15,18,32H2,1-6H3,(H,36,37)/t21?,22?,29?,30-/m0/s1. The van der Waals surface area contributed by atoms with Gasteiger partial charge >= 0.3 is 23.9 Å². The summed E-state index contributed by atoms with van der Waals surface area (Å²) in [6.45, 7) is 11.6. The Morgan fingerprint density at radius 2 is 1.35 bits per heavy atom. The molecule has 0 spiro atoms. The molecule has 1 rings (SSSR count). The van der Waals surface area contributed by atoms with E-state index in [0.717, 1.165) is 25.7 Å². The van der Waals surface area contributed by atoms with Gasteiger partial charge in [0.05, 0.1) is 0 Å². The number of carbonyl (C=O) groups is 4. The minimum atomic E-state index is -1.33. The summed E-state index contributed by atoms with van der Waals surface area (Å²) in [6.07, 6.45) is 5.73. The number of esters is 3. The number of rotatable bonds is 19. The molecule has 0 saturated carbocycles. The first-order valence-corrected chi connectivity index (χ1v) is 14.6. The first-order valence-electron chi connectivity index (χ1n) is 14.6. The summed E-state index contributed by atoms with van der Waals surface area (Å²) in [5.74, 6) is -3.34. The molecule has 9 nitrogen and oxygen atoms in total. The van der Waals surface area contributed by atoms with E-state index in [1.165, 1.54) is 12.1 Å². The van der Waals surface area contributed by atoms with Crippen LogP contribution in [0.2, 0.25) is 0 Å². The second-order valence-corrected chi connectivity index (χ2v) is 10.9. The Morgan fingerprint density at radius 1 is 0.800 bits per heavy atom. The molecule has 0 aliphatic carbocycles. The number of nitrogens with two attached hydrogens (primary N) is 1. The largest absolute Gasteiger partial charge is 0.480 e. The molecule has 0 fully saturated rings. The number of aliphatic carboxylic acids is 1. The fourth-order valence-corrected chi connectivity index (χ4v) is 4.35. The van der Waals surface area contributed by atoms with E-state index in [2.05, 4.69) is 0 Å². The van der Waals surface area contributed by atoms with Crippen molar-refractivity contribution in [1.29, 1.82) is 0 Å². The summed E-state index contributed by atoms with van der Waals surface area (Å²) in [6, 6.07) is 3.28. The quantitative estimate of drug-likeness (QED) is 0.115. The fourth-order valence-electron chi connectivity index (χ4n) is 4.35. The Balaban J connectivity index is 3.33. The van der Waals surface area contributed by atoms with Gasteiger partial charge in [0, 0.05) is 31.1 Å². The second kappa shape index (κ2) is 18.4. The molecule has 1 aromatic rings. The second-order valence-electron chi connectivity index (χ2n) is 10.9. The van der Waals surface area contributed by atoms with Gasteiger partial charge in [0.25, 0.3) is 0 Å². The van der Waals surface area contributed by atoms with Gasteiger partial charge in [0.1, 0.15) is 12.1 Å². The lowest BCUT2D eigenvalue weighted by molar-refractivity contribution is -0.151. The Kier molecular flexibility index (Phi) is 16.2. The molecule has 3 unspecified atom stereocenters. The van der Waals surface area contributed by atoms with E-state index in [1.54, 1.807) is 19.9 Å². The van der Waals surface area contributed by atoms with Crippen LogP contribution in [-0.2, 0) is 23.9 Å². The number of ether oxygens (including phenoxy) is 3. The van der Waals surface area contributed by atoms with Gasteiger partial charge in [-0.05, 0) is 49.8 Å². The number of unbranched alkanes of at least 4 members (excludes halogenated alkanes) is 4. The summed E-state index contributed by atoms with van der Waals surface area (Å²) < 4.78 is 16.8. The van der Waals surface area contributed by atoms with E-state index in [4.69, 9.17) is 19.9 Å². The highest BCUT2D eigenvalue weighted by atomic mass is 16.6. The van der Waals surface area contributed by atoms with E-state index >= 15 is 0 Å². The molecule has 4 atom stereocenters. The number of carbonyl (C=O) groups excluding carboxylic acids is 3. The average molecular weight is 564 g/mol. The first kappa shape index (κ1) is 35.1. The highest BCUT2D eigenvalue weighted by Crippen LogP contribution is 2.37. The van der Waals surface area contributed by atoms with Gasteiger partial charge in [-0.15, -0.1) is 0 Å². The summed E-state index contributed by atoms with van der Waals surface area (Å²) >= 11 is 0. The number of hydrogen-bond acceptors (Lipinski definition) is 8. The van der Waals surface area contributed by atoms with Crippen LogP contribution in [0, 0.1) is 11.8 Å². The van der Waals surface area contributed by atoms with Crippen molar-refractivity contribution in [2.75, 3.05) is 0 Å². The smallest absolute Gasteiger partial charge is 0.321 e. The molecule has 9 heteroatoms. The zero-order chi connectivity index (χ0) is 30.2. The Bertz CT molecular complexity index is 961. The SMILES string of the molecule is CCCCCC(=O)Oc1ccc(C(C(C)C(C)OC(=O)CCC(C)C)[C@H](N)C(=O)O)cc1OC(=O)CCCCC. The Labute approximate surface area is 239 Å².